The Balaban J connectivity index is 3.71. The predicted molar refractivity (Wildman–Crippen MR) is 51.0 cm³/mol. The van der Waals surface area contributed by atoms with E-state index < -0.39 is 17.9 Å². The SMILES string of the molecule is CCCSCCC(C(=O)O)C(=O)O. The third-order valence-corrected chi connectivity index (χ3v) is 2.72. The van der Waals surface area contributed by atoms with Crippen LogP contribution in [0.1, 0.15) is 19.8 Å². The van der Waals surface area contributed by atoms with Crippen LogP contribution in [0.3, 0.4) is 0 Å². The molecule has 0 saturated carbocycles. The molecule has 0 unspecified atom stereocenters. The van der Waals surface area contributed by atoms with Crippen LogP contribution in [0.4, 0.5) is 0 Å². The molecule has 0 aliphatic heterocycles. The number of rotatable bonds is 7. The highest BCUT2D eigenvalue weighted by atomic mass is 32.2. The van der Waals surface area contributed by atoms with Gasteiger partial charge in [-0.3, -0.25) is 9.59 Å². The van der Waals surface area contributed by atoms with Gasteiger partial charge in [0.2, 0.25) is 0 Å². The zero-order valence-electron chi connectivity index (χ0n) is 7.52. The Morgan fingerprint density at radius 2 is 1.77 bits per heavy atom. The molecule has 4 nitrogen and oxygen atoms in total. The van der Waals surface area contributed by atoms with Crippen LogP contribution < -0.4 is 0 Å². The van der Waals surface area contributed by atoms with Crippen LogP contribution in [-0.2, 0) is 9.59 Å². The third-order valence-electron chi connectivity index (χ3n) is 1.50. The van der Waals surface area contributed by atoms with Crippen LogP contribution in [-0.4, -0.2) is 33.7 Å². The monoisotopic (exact) mass is 206 g/mol. The molecule has 0 aromatic heterocycles. The van der Waals surface area contributed by atoms with Gasteiger partial charge in [0.05, 0.1) is 0 Å². The van der Waals surface area contributed by atoms with E-state index in [1.807, 2.05) is 6.92 Å². The first-order valence-corrected chi connectivity index (χ1v) is 5.28. The zero-order valence-corrected chi connectivity index (χ0v) is 8.34. The smallest absolute Gasteiger partial charge is 0.317 e. The summed E-state index contributed by atoms with van der Waals surface area (Å²) in [6.07, 6.45) is 1.23. The Morgan fingerprint density at radius 1 is 1.23 bits per heavy atom. The molecule has 0 aliphatic rings. The summed E-state index contributed by atoms with van der Waals surface area (Å²) in [5, 5.41) is 17.0. The van der Waals surface area contributed by atoms with E-state index in [2.05, 4.69) is 0 Å². The Hall–Kier alpha value is -0.710. The molecular formula is C8H14O4S. The molecule has 0 fully saturated rings. The van der Waals surface area contributed by atoms with Gasteiger partial charge < -0.3 is 10.2 Å². The van der Waals surface area contributed by atoms with Gasteiger partial charge in [-0.1, -0.05) is 6.92 Å². The molecule has 0 heterocycles. The summed E-state index contributed by atoms with van der Waals surface area (Å²) in [6, 6.07) is 0. The molecule has 0 aromatic rings. The molecule has 0 atom stereocenters. The molecule has 76 valence electrons. The quantitative estimate of drug-likeness (QED) is 0.485. The summed E-state index contributed by atoms with van der Waals surface area (Å²) < 4.78 is 0. The average molecular weight is 206 g/mol. The summed E-state index contributed by atoms with van der Waals surface area (Å²) in [6.45, 7) is 2.03. The average Bonchev–Trinajstić information content (AvgIpc) is 2.02. The van der Waals surface area contributed by atoms with E-state index in [0.717, 1.165) is 12.2 Å². The number of thioether (sulfide) groups is 1. The van der Waals surface area contributed by atoms with Crippen molar-refractivity contribution in [3.05, 3.63) is 0 Å². The number of aliphatic carboxylic acids is 2. The summed E-state index contributed by atoms with van der Waals surface area (Å²) in [5.41, 5.74) is 0. The zero-order chi connectivity index (χ0) is 10.3. The second kappa shape index (κ2) is 6.77. The Kier molecular flexibility index (Phi) is 6.40. The standard InChI is InChI=1S/C8H14O4S/c1-2-4-13-5-3-6(7(9)10)8(11)12/h6H,2-5H2,1H3,(H,9,10)(H,11,12). The van der Waals surface area contributed by atoms with Crippen LogP contribution in [0, 0.1) is 5.92 Å². The van der Waals surface area contributed by atoms with Gasteiger partial charge >= 0.3 is 11.9 Å². The first-order valence-electron chi connectivity index (χ1n) is 4.13. The maximum absolute atomic E-state index is 10.4. The molecule has 5 heteroatoms. The Morgan fingerprint density at radius 3 is 2.15 bits per heavy atom. The number of hydrogen-bond acceptors (Lipinski definition) is 3. The van der Waals surface area contributed by atoms with Gasteiger partial charge in [0.25, 0.3) is 0 Å². The van der Waals surface area contributed by atoms with Gasteiger partial charge in [-0.15, -0.1) is 0 Å². The van der Waals surface area contributed by atoms with Crippen molar-refractivity contribution >= 4 is 23.7 Å². The maximum atomic E-state index is 10.4. The Bertz CT molecular complexity index is 167. The summed E-state index contributed by atoms with van der Waals surface area (Å²) in [7, 11) is 0. The molecule has 0 saturated heterocycles. The molecule has 0 aromatic carbocycles. The van der Waals surface area contributed by atoms with Crippen LogP contribution in [0.2, 0.25) is 0 Å². The fourth-order valence-electron chi connectivity index (χ4n) is 0.800. The lowest BCUT2D eigenvalue weighted by atomic mass is 10.1. The molecular weight excluding hydrogens is 192 g/mol. The molecule has 0 rings (SSSR count). The lowest BCUT2D eigenvalue weighted by Gasteiger charge is -2.05. The highest BCUT2D eigenvalue weighted by Crippen LogP contribution is 2.11. The van der Waals surface area contributed by atoms with Crippen LogP contribution in [0.15, 0.2) is 0 Å². The molecule has 0 amide bonds. The number of carboxylic acid groups (broad SMARTS) is 2. The number of carboxylic acids is 2. The number of carbonyl (C=O) groups is 2. The van der Waals surface area contributed by atoms with Crippen molar-refractivity contribution in [2.75, 3.05) is 11.5 Å². The normalized spacial score (nSPS) is 10.3. The molecule has 0 radical (unpaired) electrons. The highest BCUT2D eigenvalue weighted by molar-refractivity contribution is 7.99. The van der Waals surface area contributed by atoms with Crippen molar-refractivity contribution in [3.8, 4) is 0 Å². The van der Waals surface area contributed by atoms with E-state index in [1.54, 1.807) is 11.8 Å². The van der Waals surface area contributed by atoms with Gasteiger partial charge in [-0.2, -0.15) is 11.8 Å². The largest absolute Gasteiger partial charge is 0.481 e. The molecule has 13 heavy (non-hydrogen) atoms. The van der Waals surface area contributed by atoms with Gasteiger partial charge in [-0.25, -0.2) is 0 Å². The molecule has 0 bridgehead atoms. The first kappa shape index (κ1) is 12.3. The van der Waals surface area contributed by atoms with Crippen molar-refractivity contribution in [2.45, 2.75) is 19.8 Å². The lowest BCUT2D eigenvalue weighted by molar-refractivity contribution is -0.154. The van der Waals surface area contributed by atoms with E-state index >= 15 is 0 Å². The van der Waals surface area contributed by atoms with E-state index in [9.17, 15) is 9.59 Å². The van der Waals surface area contributed by atoms with Crippen molar-refractivity contribution < 1.29 is 19.8 Å². The van der Waals surface area contributed by atoms with Crippen LogP contribution in [0.5, 0.6) is 0 Å². The lowest BCUT2D eigenvalue weighted by Crippen LogP contribution is -2.23. The second-order valence-electron chi connectivity index (χ2n) is 2.63. The Labute approximate surface area is 81.3 Å². The van der Waals surface area contributed by atoms with Crippen molar-refractivity contribution in [2.24, 2.45) is 5.92 Å². The van der Waals surface area contributed by atoms with E-state index in [0.29, 0.717) is 5.75 Å². The second-order valence-corrected chi connectivity index (χ2v) is 3.85. The molecule has 2 N–H and O–H groups in total. The predicted octanol–water partition coefficient (Wildman–Crippen LogP) is 1.31. The van der Waals surface area contributed by atoms with Crippen LogP contribution in [0.25, 0.3) is 0 Å². The summed E-state index contributed by atoms with van der Waals surface area (Å²) in [4.78, 5) is 20.8. The van der Waals surface area contributed by atoms with Crippen molar-refractivity contribution in [1.82, 2.24) is 0 Å². The summed E-state index contributed by atoms with van der Waals surface area (Å²) in [5.74, 6) is -2.19. The van der Waals surface area contributed by atoms with Crippen molar-refractivity contribution in [3.63, 3.8) is 0 Å². The fraction of sp³-hybridized carbons (Fsp3) is 0.750. The van der Waals surface area contributed by atoms with E-state index in [1.165, 1.54) is 0 Å². The minimum Gasteiger partial charge on any atom is -0.481 e. The third kappa shape index (κ3) is 5.52. The van der Waals surface area contributed by atoms with Crippen LogP contribution >= 0.6 is 11.8 Å². The molecule has 0 aliphatic carbocycles. The van der Waals surface area contributed by atoms with Gasteiger partial charge in [-0.05, 0) is 24.3 Å². The minimum absolute atomic E-state index is 0.204. The van der Waals surface area contributed by atoms with Gasteiger partial charge in [0, 0.05) is 0 Å². The van der Waals surface area contributed by atoms with Gasteiger partial charge in [0.1, 0.15) is 0 Å². The minimum atomic E-state index is -1.25. The van der Waals surface area contributed by atoms with E-state index in [4.69, 9.17) is 10.2 Å². The fourth-order valence-corrected chi connectivity index (χ4v) is 1.70. The summed E-state index contributed by atoms with van der Waals surface area (Å²) >= 11 is 1.59. The van der Waals surface area contributed by atoms with E-state index in [-0.39, 0.29) is 6.42 Å². The first-order chi connectivity index (χ1) is 6.09. The van der Waals surface area contributed by atoms with Crippen molar-refractivity contribution in [1.29, 1.82) is 0 Å². The van der Waals surface area contributed by atoms with Gasteiger partial charge in [0.15, 0.2) is 5.92 Å². The molecule has 0 spiro atoms. The highest BCUT2D eigenvalue weighted by Gasteiger charge is 2.24. The number of hydrogen-bond donors (Lipinski definition) is 2. The maximum Gasteiger partial charge on any atom is 0.317 e. The topological polar surface area (TPSA) is 74.6 Å².